The van der Waals surface area contributed by atoms with E-state index in [1.54, 1.807) is 0 Å². The number of hydrogen-bond acceptors (Lipinski definition) is 3. The van der Waals surface area contributed by atoms with Crippen molar-refractivity contribution < 1.29 is 5.11 Å². The Morgan fingerprint density at radius 2 is 2.35 bits per heavy atom. The Labute approximate surface area is 103 Å². The highest BCUT2D eigenvalue weighted by atomic mass is 16.3. The summed E-state index contributed by atoms with van der Waals surface area (Å²) in [6.07, 6.45) is 3.89. The lowest BCUT2D eigenvalue weighted by molar-refractivity contribution is 0.251. The van der Waals surface area contributed by atoms with E-state index in [0.29, 0.717) is 11.6 Å². The predicted molar refractivity (Wildman–Crippen MR) is 67.3 cm³/mol. The third kappa shape index (κ3) is 4.22. The van der Waals surface area contributed by atoms with Gasteiger partial charge in [-0.2, -0.15) is 5.26 Å². The largest absolute Gasteiger partial charge is 0.396 e. The predicted octanol–water partition coefficient (Wildman–Crippen LogP) is 1.39. The van der Waals surface area contributed by atoms with E-state index in [-0.39, 0.29) is 6.61 Å². The van der Waals surface area contributed by atoms with Crippen LogP contribution in [-0.4, -0.2) is 22.8 Å². The van der Waals surface area contributed by atoms with Crippen LogP contribution in [-0.2, 0) is 13.6 Å². The topological polar surface area (TPSA) is 61.0 Å². The highest BCUT2D eigenvalue weighted by Crippen LogP contribution is 2.08. The average Bonchev–Trinajstić information content (AvgIpc) is 2.68. The molecule has 1 heterocycles. The lowest BCUT2D eigenvalue weighted by atomic mass is 10.0. The van der Waals surface area contributed by atoms with Crippen LogP contribution in [0.1, 0.15) is 31.0 Å². The Morgan fingerprint density at radius 3 is 2.88 bits per heavy atom. The van der Waals surface area contributed by atoms with E-state index >= 15 is 0 Å². The van der Waals surface area contributed by atoms with Crippen LogP contribution in [0.15, 0.2) is 12.3 Å². The second kappa shape index (κ2) is 7.10. The average molecular weight is 235 g/mol. The molecule has 0 radical (unpaired) electrons. The van der Waals surface area contributed by atoms with E-state index in [1.807, 2.05) is 23.9 Å². The van der Waals surface area contributed by atoms with Gasteiger partial charge < -0.3 is 15.0 Å². The van der Waals surface area contributed by atoms with Crippen LogP contribution >= 0.6 is 0 Å². The van der Waals surface area contributed by atoms with Gasteiger partial charge in [-0.15, -0.1) is 0 Å². The molecular weight excluding hydrogens is 214 g/mol. The van der Waals surface area contributed by atoms with Crippen LogP contribution in [0, 0.1) is 17.2 Å². The highest BCUT2D eigenvalue weighted by molar-refractivity contribution is 5.28. The molecule has 1 unspecified atom stereocenters. The number of aryl methyl sites for hydroxylation is 1. The molecule has 0 bridgehead atoms. The molecule has 1 atom stereocenters. The van der Waals surface area contributed by atoms with Crippen LogP contribution in [0.3, 0.4) is 0 Å². The van der Waals surface area contributed by atoms with Crippen LogP contribution in [0.25, 0.3) is 0 Å². The van der Waals surface area contributed by atoms with Gasteiger partial charge in [0.1, 0.15) is 11.8 Å². The van der Waals surface area contributed by atoms with Gasteiger partial charge in [0, 0.05) is 26.4 Å². The maximum Gasteiger partial charge on any atom is 0.120 e. The first-order chi connectivity index (χ1) is 8.21. The first-order valence-corrected chi connectivity index (χ1v) is 6.08. The fourth-order valence-corrected chi connectivity index (χ4v) is 1.89. The Bertz CT molecular complexity index is 379. The highest BCUT2D eigenvalue weighted by Gasteiger charge is 2.06. The Balaban J connectivity index is 2.37. The first-order valence-electron chi connectivity index (χ1n) is 6.08. The molecule has 0 spiro atoms. The molecule has 0 aliphatic heterocycles. The van der Waals surface area contributed by atoms with Crippen molar-refractivity contribution in [3.8, 4) is 6.07 Å². The second-order valence-corrected chi connectivity index (χ2v) is 4.37. The molecule has 0 aliphatic rings. The van der Waals surface area contributed by atoms with Crippen molar-refractivity contribution >= 4 is 0 Å². The maximum absolute atomic E-state index is 8.89. The van der Waals surface area contributed by atoms with Gasteiger partial charge in [0.25, 0.3) is 0 Å². The molecule has 0 saturated carbocycles. The molecule has 0 saturated heterocycles. The van der Waals surface area contributed by atoms with E-state index in [4.69, 9.17) is 10.4 Å². The lowest BCUT2D eigenvalue weighted by Gasteiger charge is -2.13. The van der Waals surface area contributed by atoms with Gasteiger partial charge in [-0.05, 0) is 30.5 Å². The Hall–Kier alpha value is -1.31. The van der Waals surface area contributed by atoms with Crippen molar-refractivity contribution in [1.82, 2.24) is 9.88 Å². The molecule has 0 aliphatic carbocycles. The van der Waals surface area contributed by atoms with E-state index in [2.05, 4.69) is 18.3 Å². The normalized spacial score (nSPS) is 12.4. The molecule has 94 valence electrons. The smallest absolute Gasteiger partial charge is 0.120 e. The number of hydrogen-bond donors (Lipinski definition) is 2. The number of nitrogens with one attached hydrogen (secondary N) is 1. The number of aromatic nitrogens is 1. The molecule has 0 aromatic carbocycles. The summed E-state index contributed by atoms with van der Waals surface area (Å²) >= 11 is 0. The number of aliphatic hydroxyl groups excluding tert-OH is 1. The fraction of sp³-hybridized carbons (Fsp3) is 0.615. The summed E-state index contributed by atoms with van der Waals surface area (Å²) in [5.74, 6) is 0.527. The minimum atomic E-state index is 0.254. The van der Waals surface area contributed by atoms with Crippen molar-refractivity contribution in [2.75, 3.05) is 13.2 Å². The first kappa shape index (κ1) is 13.8. The zero-order valence-electron chi connectivity index (χ0n) is 10.6. The fourth-order valence-electron chi connectivity index (χ4n) is 1.89. The van der Waals surface area contributed by atoms with Crippen molar-refractivity contribution in [2.24, 2.45) is 13.0 Å². The second-order valence-electron chi connectivity index (χ2n) is 4.37. The van der Waals surface area contributed by atoms with Crippen LogP contribution < -0.4 is 5.32 Å². The summed E-state index contributed by atoms with van der Waals surface area (Å²) in [6, 6.07) is 4.05. The SMILES string of the molecule is CCC(CCO)CNCc1cc(C#N)n(C)c1. The molecule has 1 aromatic rings. The van der Waals surface area contributed by atoms with Gasteiger partial charge in [-0.3, -0.25) is 0 Å². The molecule has 4 heteroatoms. The zero-order valence-corrected chi connectivity index (χ0v) is 10.6. The molecule has 1 rings (SSSR count). The molecule has 17 heavy (non-hydrogen) atoms. The van der Waals surface area contributed by atoms with Gasteiger partial charge in [-0.25, -0.2) is 0 Å². The van der Waals surface area contributed by atoms with Gasteiger partial charge in [0.2, 0.25) is 0 Å². The van der Waals surface area contributed by atoms with Crippen LogP contribution in [0.5, 0.6) is 0 Å². The molecule has 2 N–H and O–H groups in total. The number of nitrogens with zero attached hydrogens (tertiary/aromatic N) is 2. The van der Waals surface area contributed by atoms with E-state index in [1.165, 1.54) is 0 Å². The Morgan fingerprint density at radius 1 is 1.59 bits per heavy atom. The third-order valence-electron chi connectivity index (χ3n) is 3.05. The summed E-state index contributed by atoms with van der Waals surface area (Å²) in [6.45, 7) is 4.08. The van der Waals surface area contributed by atoms with Crippen molar-refractivity contribution in [1.29, 1.82) is 5.26 Å². The summed E-state index contributed by atoms with van der Waals surface area (Å²) in [7, 11) is 1.88. The van der Waals surface area contributed by atoms with Crippen LogP contribution in [0.4, 0.5) is 0 Å². The van der Waals surface area contributed by atoms with E-state index < -0.39 is 0 Å². The number of rotatable bonds is 7. The summed E-state index contributed by atoms with van der Waals surface area (Å²) in [4.78, 5) is 0. The lowest BCUT2D eigenvalue weighted by Crippen LogP contribution is -2.22. The van der Waals surface area contributed by atoms with Crippen LogP contribution in [0.2, 0.25) is 0 Å². The quantitative estimate of drug-likeness (QED) is 0.751. The zero-order chi connectivity index (χ0) is 12.7. The summed E-state index contributed by atoms with van der Waals surface area (Å²) in [5.41, 5.74) is 1.81. The van der Waals surface area contributed by atoms with Gasteiger partial charge in [0.05, 0.1) is 0 Å². The van der Waals surface area contributed by atoms with E-state index in [9.17, 15) is 0 Å². The number of nitriles is 1. The third-order valence-corrected chi connectivity index (χ3v) is 3.05. The van der Waals surface area contributed by atoms with E-state index in [0.717, 1.165) is 31.5 Å². The molecular formula is C13H21N3O. The monoisotopic (exact) mass is 235 g/mol. The molecule has 4 nitrogen and oxygen atoms in total. The van der Waals surface area contributed by atoms with Crippen molar-refractivity contribution in [2.45, 2.75) is 26.3 Å². The number of aliphatic hydroxyl groups is 1. The molecule has 0 amide bonds. The molecule has 1 aromatic heterocycles. The van der Waals surface area contributed by atoms with Gasteiger partial charge in [-0.1, -0.05) is 13.3 Å². The van der Waals surface area contributed by atoms with Gasteiger partial charge in [0.15, 0.2) is 0 Å². The minimum Gasteiger partial charge on any atom is -0.396 e. The molecule has 0 fully saturated rings. The Kier molecular flexibility index (Phi) is 5.75. The standard InChI is InChI=1S/C13H21N3O/c1-3-11(4-5-17)8-15-9-12-6-13(7-14)16(2)10-12/h6,10-11,15,17H,3-5,8-9H2,1-2H3. The maximum atomic E-state index is 8.89. The van der Waals surface area contributed by atoms with Gasteiger partial charge >= 0.3 is 0 Å². The van der Waals surface area contributed by atoms with Crippen molar-refractivity contribution in [3.63, 3.8) is 0 Å². The summed E-state index contributed by atoms with van der Waals surface area (Å²) < 4.78 is 1.84. The summed E-state index contributed by atoms with van der Waals surface area (Å²) in [5, 5.41) is 21.1. The minimum absolute atomic E-state index is 0.254. The van der Waals surface area contributed by atoms with Crippen molar-refractivity contribution in [3.05, 3.63) is 23.5 Å².